The minimum atomic E-state index is -0.943. The average Bonchev–Trinajstić information content (AvgIpc) is 3.60. The van der Waals surface area contributed by atoms with E-state index in [2.05, 4.69) is 10.7 Å². The zero-order chi connectivity index (χ0) is 40.1. The van der Waals surface area contributed by atoms with Gasteiger partial charge in [0.1, 0.15) is 25.3 Å². The molecule has 16 nitrogen and oxygen atoms in total. The van der Waals surface area contributed by atoms with Crippen molar-refractivity contribution in [2.45, 2.75) is 104 Å². The van der Waals surface area contributed by atoms with Crippen LogP contribution in [0.5, 0.6) is 0 Å². The minimum absolute atomic E-state index is 0.0140. The number of carboxylic acids is 1. The number of nitrogens with one attached hydrogen (secondary N) is 2. The van der Waals surface area contributed by atoms with Gasteiger partial charge in [0.2, 0.25) is 11.8 Å². The molecule has 0 aliphatic carbocycles. The number of ketones is 1. The van der Waals surface area contributed by atoms with Crippen molar-refractivity contribution >= 4 is 35.6 Å². The number of nitrogens with zero attached hydrogens (tertiary/aromatic N) is 4. The molecule has 6 rings (SSSR count). The second kappa shape index (κ2) is 20.6. The fraction of sp³-hybridized carbons (Fsp3) is 0.538. The zero-order valence-electron chi connectivity index (χ0n) is 32.1. The maximum Gasteiger partial charge on any atom is 0.345 e. The third kappa shape index (κ3) is 11.2. The summed E-state index contributed by atoms with van der Waals surface area (Å²) in [5, 5.41) is 14.6. The maximum absolute atomic E-state index is 12.7. The average molecular weight is 766 g/mol. The summed E-state index contributed by atoms with van der Waals surface area (Å²) in [5.74, 6) is 3.54. The van der Waals surface area contributed by atoms with Crippen LogP contribution in [0.3, 0.4) is 0 Å². The molecule has 2 aromatic carbocycles. The highest BCUT2D eigenvalue weighted by molar-refractivity contribution is 5.92. The van der Waals surface area contributed by atoms with Gasteiger partial charge in [-0.05, 0) is 49.7 Å². The molecule has 0 saturated carbocycles. The molecular weight excluding hydrogens is 710 g/mol. The molecule has 0 aromatic heterocycles. The molecule has 55 heavy (non-hydrogen) atoms. The van der Waals surface area contributed by atoms with Crippen LogP contribution in [0, 0.1) is 11.8 Å². The Balaban J connectivity index is 0.000000210. The fourth-order valence-electron chi connectivity index (χ4n) is 6.58. The third-order valence-electron chi connectivity index (χ3n) is 10.5. The zero-order valence-corrected chi connectivity index (χ0v) is 32.1. The number of benzene rings is 2. The van der Waals surface area contributed by atoms with Crippen LogP contribution in [0.15, 0.2) is 60.7 Å². The first-order chi connectivity index (χ1) is 26.4. The Kier molecular flexibility index (Phi) is 16.0. The van der Waals surface area contributed by atoms with E-state index in [0.717, 1.165) is 24.0 Å². The summed E-state index contributed by atoms with van der Waals surface area (Å²) in [6.45, 7) is 9.14. The molecule has 6 atom stereocenters. The van der Waals surface area contributed by atoms with Gasteiger partial charge in [-0.1, -0.05) is 88.4 Å². The van der Waals surface area contributed by atoms with Crippen LogP contribution in [-0.4, -0.2) is 104 Å². The normalized spacial score (nSPS) is 22.1. The summed E-state index contributed by atoms with van der Waals surface area (Å²) in [6, 6.07) is 17.3. The lowest BCUT2D eigenvalue weighted by atomic mass is 9.99. The number of hydrogen-bond donors (Lipinski definition) is 4. The second-order valence-corrected chi connectivity index (χ2v) is 14.2. The van der Waals surface area contributed by atoms with Crippen LogP contribution in [-0.2, 0) is 42.1 Å². The first-order valence-corrected chi connectivity index (χ1v) is 19.0. The van der Waals surface area contributed by atoms with E-state index in [9.17, 15) is 28.8 Å². The molecule has 2 unspecified atom stereocenters. The van der Waals surface area contributed by atoms with Crippen molar-refractivity contribution in [1.29, 1.82) is 0 Å². The van der Waals surface area contributed by atoms with Gasteiger partial charge in [-0.2, -0.15) is 10.1 Å². The minimum Gasteiger partial charge on any atom is -0.480 e. The molecule has 5 N–H and O–H groups in total. The number of hydrazine groups is 1. The highest BCUT2D eigenvalue weighted by atomic mass is 16.7. The van der Waals surface area contributed by atoms with Crippen LogP contribution in [0.4, 0.5) is 9.59 Å². The van der Waals surface area contributed by atoms with E-state index >= 15 is 0 Å². The largest absolute Gasteiger partial charge is 0.480 e. The third-order valence-corrected chi connectivity index (χ3v) is 10.5. The summed E-state index contributed by atoms with van der Waals surface area (Å²) in [5.41, 5.74) is 4.04. The number of piperidine rings is 2. The van der Waals surface area contributed by atoms with E-state index in [1.54, 1.807) is 4.90 Å². The first kappa shape index (κ1) is 42.7. The van der Waals surface area contributed by atoms with Gasteiger partial charge in [0.05, 0.1) is 18.6 Å². The number of hydrogen-bond acceptors (Lipinski definition) is 9. The maximum atomic E-state index is 12.7. The molecular formula is C39H55N7O9. The number of aliphatic carboxylic acids is 1. The number of amides is 6. The van der Waals surface area contributed by atoms with E-state index in [1.807, 2.05) is 88.4 Å². The lowest BCUT2D eigenvalue weighted by molar-refractivity contribution is -0.143. The van der Waals surface area contributed by atoms with Crippen LogP contribution >= 0.6 is 0 Å². The first-order valence-electron chi connectivity index (χ1n) is 19.0. The number of nitrogens with two attached hydrogens (primary N) is 1. The van der Waals surface area contributed by atoms with Crippen LogP contribution in [0.2, 0.25) is 0 Å². The van der Waals surface area contributed by atoms with Crippen LogP contribution in [0.1, 0.15) is 77.3 Å². The van der Waals surface area contributed by atoms with Gasteiger partial charge in [0.25, 0.3) is 0 Å². The summed E-state index contributed by atoms with van der Waals surface area (Å²) < 4.78 is 0. The Labute approximate surface area is 322 Å². The van der Waals surface area contributed by atoms with Gasteiger partial charge in [0, 0.05) is 24.9 Å². The molecule has 300 valence electrons. The predicted molar refractivity (Wildman–Crippen MR) is 201 cm³/mol. The van der Waals surface area contributed by atoms with E-state index in [-0.39, 0.29) is 60.1 Å². The topological polar surface area (TPSA) is 204 Å². The number of carboxylic acid groups (broad SMARTS) is 1. The van der Waals surface area contributed by atoms with Crippen molar-refractivity contribution in [2.24, 2.45) is 17.7 Å². The lowest BCUT2D eigenvalue weighted by Gasteiger charge is -2.29. The summed E-state index contributed by atoms with van der Waals surface area (Å²) in [7, 11) is 0. The number of carbonyl (C=O) groups is 6. The van der Waals surface area contributed by atoms with Crippen molar-refractivity contribution in [1.82, 2.24) is 30.7 Å². The van der Waals surface area contributed by atoms with Gasteiger partial charge in [-0.15, -0.1) is 0 Å². The van der Waals surface area contributed by atoms with Crippen LogP contribution in [0.25, 0.3) is 0 Å². The number of rotatable bonds is 14. The Morgan fingerprint density at radius 2 is 1.20 bits per heavy atom. The molecule has 4 bridgehead atoms. The number of fused-ring (bicyclic) bond motifs is 4. The predicted octanol–water partition coefficient (Wildman–Crippen LogP) is 3.61. The van der Waals surface area contributed by atoms with Crippen molar-refractivity contribution < 1.29 is 43.5 Å². The van der Waals surface area contributed by atoms with E-state index in [4.69, 9.17) is 20.6 Å². The molecule has 4 aliphatic rings. The van der Waals surface area contributed by atoms with E-state index in [1.165, 1.54) is 15.0 Å². The number of carbonyl (C=O) groups excluding carboxylic acids is 5. The van der Waals surface area contributed by atoms with Gasteiger partial charge < -0.3 is 20.2 Å². The van der Waals surface area contributed by atoms with Crippen molar-refractivity contribution in [3.63, 3.8) is 0 Å². The highest BCUT2D eigenvalue weighted by Gasteiger charge is 2.49. The Morgan fingerprint density at radius 3 is 1.62 bits per heavy atom. The van der Waals surface area contributed by atoms with Crippen LogP contribution < -0.4 is 16.6 Å². The van der Waals surface area contributed by atoms with E-state index in [0.29, 0.717) is 52.0 Å². The molecule has 4 heterocycles. The molecule has 0 radical (unpaired) electrons. The lowest BCUT2D eigenvalue weighted by Crippen LogP contribution is -2.50. The number of hydroxylamine groups is 4. The van der Waals surface area contributed by atoms with Gasteiger partial charge in [0.15, 0.2) is 5.78 Å². The molecule has 6 amide bonds. The Morgan fingerprint density at radius 1 is 0.745 bits per heavy atom. The fourth-order valence-corrected chi connectivity index (χ4v) is 6.58. The Hall–Kier alpha value is -5.06. The SMILES string of the molecule is CCC(C)C(=O)CNC(=O)[C@@H]1CC[C@@H]2CN1C(=O)N2OCc1ccccc1.CCC(C)C(=O)NN.O=C(O)[C@@H]1CC[C@@H]2CN1C(=O)N2OCc1ccccc1. The molecule has 4 saturated heterocycles. The molecule has 2 aromatic rings. The molecule has 4 aliphatic heterocycles. The summed E-state index contributed by atoms with van der Waals surface area (Å²) in [4.78, 5) is 85.2. The number of urea groups is 2. The Bertz CT molecular complexity index is 1620. The van der Waals surface area contributed by atoms with E-state index < -0.39 is 18.1 Å². The van der Waals surface area contributed by atoms with Gasteiger partial charge >= 0.3 is 18.0 Å². The smallest absolute Gasteiger partial charge is 0.345 e. The standard InChI is InChI=1S/C20H27N3O4.C14H16N2O4.C5H12N2O/c1-3-14(2)18(24)11-21-19(25)17-10-9-16-12-22(17)20(26)23(16)27-13-15-7-5-4-6-8-15;17-13(18)12-7-6-11-8-15(12)14(19)16(11)20-9-10-4-2-1-3-5-10;1-3-4(2)5(8)7-6/h4-8,14,16-17H,3,9-13H2,1-2H3,(H,21,25);1-5,11-12H,6-9H2,(H,17,18);4H,3,6H2,1-2H3,(H,7,8)/t14?,16-,17+;11-,12+;/m11./s1. The van der Waals surface area contributed by atoms with Crippen molar-refractivity contribution in [2.75, 3.05) is 19.6 Å². The number of Topliss-reactive ketones (excluding diaryl/α,β-unsaturated/α-hetero) is 1. The quantitative estimate of drug-likeness (QED) is 0.125. The van der Waals surface area contributed by atoms with Crippen molar-refractivity contribution in [3.8, 4) is 0 Å². The monoisotopic (exact) mass is 765 g/mol. The molecule has 4 fully saturated rings. The second-order valence-electron chi connectivity index (χ2n) is 14.2. The van der Waals surface area contributed by atoms with Crippen molar-refractivity contribution in [3.05, 3.63) is 71.8 Å². The summed E-state index contributed by atoms with van der Waals surface area (Å²) >= 11 is 0. The van der Waals surface area contributed by atoms with Gasteiger partial charge in [-0.3, -0.25) is 29.5 Å². The van der Waals surface area contributed by atoms with Gasteiger partial charge in [-0.25, -0.2) is 20.2 Å². The summed E-state index contributed by atoms with van der Waals surface area (Å²) in [6.07, 6.45) is 4.01. The highest BCUT2D eigenvalue weighted by Crippen LogP contribution is 2.32. The molecule has 0 spiro atoms. The molecule has 16 heteroatoms.